The van der Waals surface area contributed by atoms with Crippen molar-refractivity contribution in [1.82, 2.24) is 10.0 Å². The summed E-state index contributed by atoms with van der Waals surface area (Å²) in [5.74, 6) is 8.08. The van der Waals surface area contributed by atoms with Crippen LogP contribution < -0.4 is 17.1 Å². The minimum atomic E-state index is -0.875. The normalized spacial score (nSPS) is 13.1. The maximum Gasteiger partial charge on any atom is 0.367 e. The summed E-state index contributed by atoms with van der Waals surface area (Å²) in [5.41, 5.74) is 3.17. The van der Waals surface area contributed by atoms with Crippen molar-refractivity contribution in [3.63, 3.8) is 0 Å². The Morgan fingerprint density at radius 3 is 2.39 bits per heavy atom. The van der Waals surface area contributed by atoms with E-state index in [1.165, 1.54) is 18.3 Å². The highest BCUT2D eigenvalue weighted by atomic mass is 16.7. The predicted octanol–water partition coefficient (Wildman–Crippen LogP) is -0.0711. The van der Waals surface area contributed by atoms with Crippen molar-refractivity contribution in [2.45, 2.75) is 26.7 Å². The fraction of sp³-hybridized carbons (Fsp3) is 0.308. The smallest absolute Gasteiger partial charge is 0.325 e. The first-order chi connectivity index (χ1) is 10.9. The lowest BCUT2D eigenvalue weighted by Crippen LogP contribution is -2.32. The van der Waals surface area contributed by atoms with Crippen molar-refractivity contribution in [2.75, 3.05) is 5.43 Å². The molecule has 0 aliphatic carbocycles. The van der Waals surface area contributed by atoms with E-state index < -0.39 is 17.8 Å². The number of nitrogen functional groups attached to an aromatic ring is 1. The van der Waals surface area contributed by atoms with Gasteiger partial charge >= 0.3 is 5.97 Å². The second kappa shape index (κ2) is 8.44. The summed E-state index contributed by atoms with van der Waals surface area (Å²) in [6, 6.07) is 2.92. The number of nitrogens with zero attached hydrogens (tertiary/aromatic N) is 3. The Balaban J connectivity index is 0.000000463. The van der Waals surface area contributed by atoms with Gasteiger partial charge in [-0.2, -0.15) is 5.10 Å². The standard InChI is InChI=1S/C10H10N4O4.C3H8N2/c11-13-9-6(2-1-5-12-9)10(17)18-14-7(15)3-4-8(14)16;1-3(2)5-4/h1-2,5H,3-4,11H2,(H,12,13);4H2,1-2H3. The van der Waals surface area contributed by atoms with E-state index in [0.29, 0.717) is 5.06 Å². The number of rotatable bonds is 3. The molecule has 0 saturated carbocycles. The molecule has 2 rings (SSSR count). The van der Waals surface area contributed by atoms with E-state index in [0.717, 1.165) is 5.71 Å². The van der Waals surface area contributed by atoms with Gasteiger partial charge in [-0.15, -0.1) is 5.06 Å². The number of anilines is 1. The van der Waals surface area contributed by atoms with Gasteiger partial charge < -0.3 is 16.1 Å². The number of hydroxylamine groups is 2. The van der Waals surface area contributed by atoms with E-state index >= 15 is 0 Å². The third-order valence-electron chi connectivity index (χ3n) is 2.60. The van der Waals surface area contributed by atoms with Gasteiger partial charge in [-0.25, -0.2) is 15.6 Å². The maximum atomic E-state index is 11.8. The topological polar surface area (TPSA) is 153 Å². The molecule has 1 fully saturated rings. The molecule has 2 heterocycles. The zero-order valence-electron chi connectivity index (χ0n) is 12.8. The van der Waals surface area contributed by atoms with Crippen molar-refractivity contribution >= 4 is 29.3 Å². The van der Waals surface area contributed by atoms with Crippen LogP contribution in [0.15, 0.2) is 23.4 Å². The van der Waals surface area contributed by atoms with E-state index in [9.17, 15) is 14.4 Å². The van der Waals surface area contributed by atoms with Crippen LogP contribution >= 0.6 is 0 Å². The molecule has 0 aromatic carbocycles. The third-order valence-corrected chi connectivity index (χ3v) is 2.60. The molecule has 10 nitrogen and oxygen atoms in total. The molecule has 1 aliphatic rings. The van der Waals surface area contributed by atoms with Crippen LogP contribution in [-0.2, 0) is 14.4 Å². The molecule has 5 N–H and O–H groups in total. The number of hydrazine groups is 1. The SMILES string of the molecule is CC(C)=NN.NNc1ncccc1C(=O)ON1C(=O)CCC1=O. The van der Waals surface area contributed by atoms with Crippen LogP contribution in [0.25, 0.3) is 0 Å². The van der Waals surface area contributed by atoms with Crippen LogP contribution in [-0.4, -0.2) is 33.5 Å². The van der Waals surface area contributed by atoms with Gasteiger partial charge in [0.05, 0.1) is 0 Å². The number of hydrogen-bond donors (Lipinski definition) is 3. The second-order valence-electron chi connectivity index (χ2n) is 4.58. The summed E-state index contributed by atoms with van der Waals surface area (Å²) in [7, 11) is 0. The monoisotopic (exact) mass is 322 g/mol. The third kappa shape index (κ3) is 5.04. The minimum Gasteiger partial charge on any atom is -0.325 e. The summed E-state index contributed by atoms with van der Waals surface area (Å²) in [6.45, 7) is 3.69. The first kappa shape index (κ1) is 18.0. The van der Waals surface area contributed by atoms with Gasteiger partial charge in [0.15, 0.2) is 5.82 Å². The van der Waals surface area contributed by atoms with Crippen LogP contribution in [0.5, 0.6) is 0 Å². The lowest BCUT2D eigenvalue weighted by atomic mass is 10.2. The molecule has 1 aliphatic heterocycles. The number of pyridine rings is 1. The van der Waals surface area contributed by atoms with Gasteiger partial charge in [0.25, 0.3) is 11.8 Å². The Kier molecular flexibility index (Phi) is 6.62. The molecule has 1 aromatic rings. The van der Waals surface area contributed by atoms with Crippen molar-refractivity contribution in [3.05, 3.63) is 23.9 Å². The number of carbonyl (C=O) groups excluding carboxylic acids is 3. The molecule has 0 unspecified atom stereocenters. The van der Waals surface area contributed by atoms with Crippen LogP contribution in [0.2, 0.25) is 0 Å². The Hall–Kier alpha value is -3.01. The maximum absolute atomic E-state index is 11.8. The van der Waals surface area contributed by atoms with Gasteiger partial charge in [-0.3, -0.25) is 9.59 Å². The molecule has 0 radical (unpaired) electrons. The Labute approximate surface area is 132 Å². The number of imide groups is 1. The largest absolute Gasteiger partial charge is 0.367 e. The van der Waals surface area contributed by atoms with Crippen LogP contribution in [0.1, 0.15) is 37.0 Å². The predicted molar refractivity (Wildman–Crippen MR) is 81.5 cm³/mol. The van der Waals surface area contributed by atoms with E-state index in [4.69, 9.17) is 16.5 Å². The van der Waals surface area contributed by atoms with Gasteiger partial charge in [0.1, 0.15) is 5.56 Å². The van der Waals surface area contributed by atoms with Crippen LogP contribution in [0.3, 0.4) is 0 Å². The zero-order chi connectivity index (χ0) is 17.4. The lowest BCUT2D eigenvalue weighted by Gasteiger charge is -2.13. The fourth-order valence-electron chi connectivity index (χ4n) is 1.47. The zero-order valence-corrected chi connectivity index (χ0v) is 12.8. The number of carbonyl (C=O) groups is 3. The Bertz CT molecular complexity index is 611. The molecule has 10 heteroatoms. The van der Waals surface area contributed by atoms with Crippen molar-refractivity contribution in [2.24, 2.45) is 16.8 Å². The molecule has 1 saturated heterocycles. The molecule has 23 heavy (non-hydrogen) atoms. The van der Waals surface area contributed by atoms with Crippen molar-refractivity contribution in [3.8, 4) is 0 Å². The average molecular weight is 322 g/mol. The van der Waals surface area contributed by atoms with E-state index in [-0.39, 0.29) is 24.2 Å². The van der Waals surface area contributed by atoms with Gasteiger partial charge in [0, 0.05) is 24.8 Å². The summed E-state index contributed by atoms with van der Waals surface area (Å²) >= 11 is 0. The highest BCUT2D eigenvalue weighted by molar-refractivity contribution is 6.03. The molecule has 124 valence electrons. The molecule has 0 bridgehead atoms. The molecule has 1 aromatic heterocycles. The minimum absolute atomic E-state index is 0.0347. The Morgan fingerprint density at radius 2 is 1.91 bits per heavy atom. The number of aromatic nitrogens is 1. The molecular formula is C13H18N6O4. The Morgan fingerprint density at radius 1 is 1.35 bits per heavy atom. The highest BCUT2D eigenvalue weighted by Crippen LogP contribution is 2.16. The first-order valence-electron chi connectivity index (χ1n) is 6.61. The molecule has 0 atom stereocenters. The number of amides is 2. The van der Waals surface area contributed by atoms with E-state index in [1.807, 2.05) is 13.8 Å². The highest BCUT2D eigenvalue weighted by Gasteiger charge is 2.33. The van der Waals surface area contributed by atoms with Crippen LogP contribution in [0, 0.1) is 0 Å². The van der Waals surface area contributed by atoms with Crippen molar-refractivity contribution in [1.29, 1.82) is 0 Å². The quantitative estimate of drug-likeness (QED) is 0.302. The number of nitrogens with two attached hydrogens (primary N) is 2. The number of hydrazone groups is 1. The summed E-state index contributed by atoms with van der Waals surface area (Å²) in [6.07, 6.45) is 1.51. The summed E-state index contributed by atoms with van der Waals surface area (Å²) < 4.78 is 0. The number of hydrogen-bond acceptors (Lipinski definition) is 9. The van der Waals surface area contributed by atoms with Crippen molar-refractivity contribution < 1.29 is 19.2 Å². The molecule has 0 spiro atoms. The van der Waals surface area contributed by atoms with Gasteiger partial charge in [-0.05, 0) is 26.0 Å². The molecule has 2 amide bonds. The van der Waals surface area contributed by atoms with E-state index in [2.05, 4.69) is 15.5 Å². The molecular weight excluding hydrogens is 304 g/mol. The fourth-order valence-corrected chi connectivity index (χ4v) is 1.47. The average Bonchev–Trinajstić information content (AvgIpc) is 2.87. The summed E-state index contributed by atoms with van der Waals surface area (Å²) in [5, 5.41) is 3.77. The van der Waals surface area contributed by atoms with Gasteiger partial charge in [-0.1, -0.05) is 0 Å². The van der Waals surface area contributed by atoms with Gasteiger partial charge in [0.2, 0.25) is 0 Å². The second-order valence-corrected chi connectivity index (χ2v) is 4.58. The van der Waals surface area contributed by atoms with Crippen LogP contribution in [0.4, 0.5) is 5.82 Å². The first-order valence-corrected chi connectivity index (χ1v) is 6.61. The summed E-state index contributed by atoms with van der Waals surface area (Å²) in [4.78, 5) is 42.9. The lowest BCUT2D eigenvalue weighted by molar-refractivity contribution is -0.172. The van der Waals surface area contributed by atoms with E-state index in [1.54, 1.807) is 0 Å². The number of nitrogens with one attached hydrogen (secondary N) is 1.